The minimum Gasteiger partial charge on any atom is -0.366 e. The second-order valence-electron chi connectivity index (χ2n) is 4.21. The van der Waals surface area contributed by atoms with Crippen molar-refractivity contribution in [2.45, 2.75) is 11.7 Å². The molecule has 3 heterocycles. The van der Waals surface area contributed by atoms with Crippen molar-refractivity contribution < 1.29 is 4.79 Å². The van der Waals surface area contributed by atoms with Gasteiger partial charge in [0.05, 0.1) is 0 Å². The fraction of sp³-hybridized carbons (Fsp3) is 0.231. The Morgan fingerprint density at radius 2 is 2.32 bits per heavy atom. The molecule has 2 aromatic heterocycles. The van der Waals surface area contributed by atoms with Crippen LogP contribution < -0.4 is 10.7 Å². The van der Waals surface area contributed by atoms with E-state index in [0.29, 0.717) is 5.69 Å². The molecule has 0 saturated carbocycles. The summed E-state index contributed by atoms with van der Waals surface area (Å²) >= 11 is 3.32. The van der Waals surface area contributed by atoms with E-state index in [1.165, 1.54) is 17.1 Å². The van der Waals surface area contributed by atoms with Crippen molar-refractivity contribution in [2.24, 2.45) is 0 Å². The summed E-state index contributed by atoms with van der Waals surface area (Å²) in [4.78, 5) is 28.0. The normalized spacial score (nSPS) is 17.8. The maximum atomic E-state index is 12.3. The van der Waals surface area contributed by atoms with E-state index in [1.807, 2.05) is 11.4 Å². The van der Waals surface area contributed by atoms with Crippen LogP contribution in [0.2, 0.25) is 0 Å². The highest BCUT2D eigenvalue weighted by Gasteiger charge is 2.28. The Balaban J connectivity index is 1.83. The van der Waals surface area contributed by atoms with E-state index >= 15 is 0 Å². The van der Waals surface area contributed by atoms with Gasteiger partial charge in [0.25, 0.3) is 0 Å². The Hall–Kier alpha value is -1.53. The van der Waals surface area contributed by atoms with E-state index in [4.69, 9.17) is 0 Å². The number of fused-ring (bicyclic) bond motifs is 1. The lowest BCUT2D eigenvalue weighted by Crippen LogP contribution is -2.24. The number of nitrogens with one attached hydrogen (secondary N) is 2. The first-order valence-electron chi connectivity index (χ1n) is 5.91. The Morgan fingerprint density at radius 3 is 3.16 bits per heavy atom. The van der Waals surface area contributed by atoms with Crippen molar-refractivity contribution in [3.05, 3.63) is 50.6 Å². The topological polar surface area (TPSA) is 62.0 Å². The first-order chi connectivity index (χ1) is 9.25. The van der Waals surface area contributed by atoms with Gasteiger partial charge >= 0.3 is 0 Å². The number of amides is 1. The van der Waals surface area contributed by atoms with E-state index in [1.54, 1.807) is 29.3 Å². The van der Waals surface area contributed by atoms with Gasteiger partial charge in [0.15, 0.2) is 0 Å². The minimum atomic E-state index is -0.213. The van der Waals surface area contributed by atoms with Crippen molar-refractivity contribution >= 4 is 34.7 Å². The van der Waals surface area contributed by atoms with Crippen molar-refractivity contribution in [3.8, 4) is 0 Å². The molecular weight excluding hydrogens is 280 g/mol. The van der Waals surface area contributed by atoms with Crippen molar-refractivity contribution in [1.82, 2.24) is 4.98 Å². The van der Waals surface area contributed by atoms with Crippen LogP contribution in [0.5, 0.6) is 0 Å². The molecule has 0 aromatic carbocycles. The van der Waals surface area contributed by atoms with Crippen LogP contribution in [-0.4, -0.2) is 16.6 Å². The van der Waals surface area contributed by atoms with Gasteiger partial charge in [0, 0.05) is 23.3 Å². The lowest BCUT2D eigenvalue weighted by atomic mass is 10.1. The molecule has 0 unspecified atom stereocenters. The van der Waals surface area contributed by atoms with Gasteiger partial charge in [0.1, 0.15) is 10.9 Å². The summed E-state index contributed by atoms with van der Waals surface area (Å²) in [5.74, 6) is 0.817. The van der Waals surface area contributed by atoms with Gasteiger partial charge in [-0.05, 0) is 29.2 Å². The van der Waals surface area contributed by atoms with E-state index < -0.39 is 0 Å². The van der Waals surface area contributed by atoms with Crippen LogP contribution in [-0.2, 0) is 11.2 Å². The molecule has 0 saturated heterocycles. The van der Waals surface area contributed by atoms with Crippen LogP contribution in [0.15, 0.2) is 34.7 Å². The summed E-state index contributed by atoms with van der Waals surface area (Å²) in [6.45, 7) is 0. The number of hydrogen-bond acceptors (Lipinski definition) is 4. The number of aryl methyl sites for hydroxylation is 1. The number of aromatic amines is 1. The van der Waals surface area contributed by atoms with Crippen molar-refractivity contribution in [1.29, 1.82) is 0 Å². The number of pyridine rings is 1. The molecule has 2 aromatic rings. The summed E-state index contributed by atoms with van der Waals surface area (Å²) < 4.78 is 0. The number of rotatable bonds is 2. The molecule has 0 spiro atoms. The number of carbonyl (C=O) groups excluding carboxylic acids is 1. The molecule has 6 heteroatoms. The zero-order valence-corrected chi connectivity index (χ0v) is 11.6. The number of thioether (sulfide) groups is 1. The van der Waals surface area contributed by atoms with Gasteiger partial charge < -0.3 is 10.3 Å². The highest BCUT2D eigenvalue weighted by molar-refractivity contribution is 8.00. The fourth-order valence-electron chi connectivity index (χ4n) is 2.08. The second kappa shape index (κ2) is 5.22. The van der Waals surface area contributed by atoms with Gasteiger partial charge in [-0.1, -0.05) is 0 Å². The number of anilines is 1. The van der Waals surface area contributed by atoms with E-state index in [2.05, 4.69) is 10.3 Å². The standard InChI is InChI=1S/C13H12N2O2S2/c16-10-1-4-14-7-9(10)15-13(17)12-8-2-5-18-11(8)3-6-19-12/h1-2,4-5,7,12H,3,6H2,(H,14,16)(H,15,17)/t12-/m1/s1. The molecule has 19 heavy (non-hydrogen) atoms. The third-order valence-electron chi connectivity index (χ3n) is 3.00. The second-order valence-corrected chi connectivity index (χ2v) is 6.43. The molecule has 0 aliphatic carbocycles. The molecular formula is C13H12N2O2S2. The van der Waals surface area contributed by atoms with Gasteiger partial charge in [-0.3, -0.25) is 9.59 Å². The van der Waals surface area contributed by atoms with Crippen LogP contribution in [0.1, 0.15) is 15.7 Å². The van der Waals surface area contributed by atoms with Gasteiger partial charge in [-0.15, -0.1) is 23.1 Å². The van der Waals surface area contributed by atoms with Crippen LogP contribution in [0, 0.1) is 0 Å². The molecule has 1 aliphatic heterocycles. The molecule has 0 fully saturated rings. The smallest absolute Gasteiger partial charge is 0.242 e. The summed E-state index contributed by atoms with van der Waals surface area (Å²) in [5.41, 5.74) is 1.21. The molecule has 3 rings (SSSR count). The minimum absolute atomic E-state index is 0.124. The predicted molar refractivity (Wildman–Crippen MR) is 78.9 cm³/mol. The van der Waals surface area contributed by atoms with Crippen LogP contribution in [0.4, 0.5) is 5.69 Å². The quantitative estimate of drug-likeness (QED) is 0.893. The summed E-state index contributed by atoms with van der Waals surface area (Å²) in [7, 11) is 0. The van der Waals surface area contributed by atoms with Crippen molar-refractivity contribution in [3.63, 3.8) is 0 Å². The predicted octanol–water partition coefficient (Wildman–Crippen LogP) is 2.41. The Kier molecular flexibility index (Phi) is 3.44. The molecule has 1 amide bonds. The number of hydrogen-bond donors (Lipinski definition) is 2. The number of carbonyl (C=O) groups is 1. The molecule has 0 bridgehead atoms. The lowest BCUT2D eigenvalue weighted by molar-refractivity contribution is -0.115. The highest BCUT2D eigenvalue weighted by atomic mass is 32.2. The maximum absolute atomic E-state index is 12.3. The van der Waals surface area contributed by atoms with Crippen molar-refractivity contribution in [2.75, 3.05) is 11.1 Å². The first-order valence-corrected chi connectivity index (χ1v) is 7.84. The van der Waals surface area contributed by atoms with Crippen LogP contribution in [0.3, 0.4) is 0 Å². The largest absolute Gasteiger partial charge is 0.366 e. The zero-order valence-electron chi connectivity index (χ0n) is 10.0. The highest BCUT2D eigenvalue weighted by Crippen LogP contribution is 2.39. The molecule has 1 atom stereocenters. The third kappa shape index (κ3) is 2.46. The Bertz CT molecular complexity index is 662. The average Bonchev–Trinajstić information content (AvgIpc) is 2.89. The van der Waals surface area contributed by atoms with E-state index in [0.717, 1.165) is 17.7 Å². The summed E-state index contributed by atoms with van der Waals surface area (Å²) in [6.07, 6.45) is 4.08. The van der Waals surface area contributed by atoms with Gasteiger partial charge in [0.2, 0.25) is 11.3 Å². The zero-order chi connectivity index (χ0) is 13.2. The van der Waals surface area contributed by atoms with Gasteiger partial charge in [-0.2, -0.15) is 0 Å². The SMILES string of the molecule is O=C(Nc1c[nH]ccc1=O)[C@@H]1SCCc2sccc21. The van der Waals surface area contributed by atoms with Crippen LogP contribution in [0.25, 0.3) is 0 Å². The monoisotopic (exact) mass is 292 g/mol. The third-order valence-corrected chi connectivity index (χ3v) is 5.23. The van der Waals surface area contributed by atoms with Gasteiger partial charge in [-0.25, -0.2) is 0 Å². The molecule has 0 radical (unpaired) electrons. The molecule has 98 valence electrons. The van der Waals surface area contributed by atoms with Crippen LogP contribution >= 0.6 is 23.1 Å². The Morgan fingerprint density at radius 1 is 1.42 bits per heavy atom. The number of H-pyrrole nitrogens is 1. The van der Waals surface area contributed by atoms with E-state index in [9.17, 15) is 9.59 Å². The first kappa shape index (κ1) is 12.5. The maximum Gasteiger partial charge on any atom is 0.242 e. The molecule has 4 nitrogen and oxygen atoms in total. The fourth-order valence-corrected chi connectivity index (χ4v) is 4.37. The number of thiophene rings is 1. The van der Waals surface area contributed by atoms with E-state index in [-0.39, 0.29) is 16.6 Å². The molecule has 1 aliphatic rings. The summed E-state index contributed by atoms with van der Waals surface area (Å²) in [5, 5.41) is 4.52. The average molecular weight is 292 g/mol. The number of aromatic nitrogens is 1. The Labute approximate surface area is 118 Å². The molecule has 2 N–H and O–H groups in total. The lowest BCUT2D eigenvalue weighted by Gasteiger charge is -2.21. The summed E-state index contributed by atoms with van der Waals surface area (Å²) in [6, 6.07) is 3.41.